The predicted octanol–water partition coefficient (Wildman–Crippen LogP) is 3.99. The van der Waals surface area contributed by atoms with Crippen molar-refractivity contribution in [2.24, 2.45) is 0 Å². The number of thiophene rings is 1. The lowest BCUT2D eigenvalue weighted by atomic mass is 10.0. The second kappa shape index (κ2) is 8.73. The minimum Gasteiger partial charge on any atom is -0.352 e. The lowest BCUT2D eigenvalue weighted by molar-refractivity contribution is 0.0955. The second-order valence-electron chi connectivity index (χ2n) is 6.90. The van der Waals surface area contributed by atoms with Crippen LogP contribution < -0.4 is 10.6 Å². The van der Waals surface area contributed by atoms with E-state index in [1.54, 1.807) is 6.92 Å². The normalized spacial score (nSPS) is 13.8. The maximum atomic E-state index is 14.2. The first-order chi connectivity index (χ1) is 14.2. The molecule has 1 aromatic heterocycles. The Morgan fingerprint density at radius 3 is 2.20 bits per heavy atom. The molecule has 0 fully saturated rings. The van der Waals surface area contributed by atoms with Gasteiger partial charge in [0.25, 0.3) is 11.8 Å². The van der Waals surface area contributed by atoms with E-state index in [-0.39, 0.29) is 10.6 Å². The Kier molecular flexibility index (Phi) is 6.47. The topological polar surface area (TPSA) is 61.4 Å². The number of hydrogen-bond acceptors (Lipinski definition) is 4. The highest BCUT2D eigenvalue weighted by atomic mass is 32.1. The van der Waals surface area contributed by atoms with Gasteiger partial charge in [-0.15, -0.1) is 11.3 Å². The van der Waals surface area contributed by atoms with Crippen molar-refractivity contribution in [2.75, 3.05) is 25.0 Å². The van der Waals surface area contributed by atoms with Gasteiger partial charge in [-0.3, -0.25) is 14.5 Å². The minimum atomic E-state index is -1.78. The van der Waals surface area contributed by atoms with E-state index in [9.17, 15) is 27.2 Å². The van der Waals surface area contributed by atoms with Crippen LogP contribution >= 0.6 is 11.3 Å². The summed E-state index contributed by atoms with van der Waals surface area (Å²) in [4.78, 5) is 28.2. The summed E-state index contributed by atoms with van der Waals surface area (Å²) in [7, 11) is 0. The number of carbonyl (C=O) groups excluding carboxylic acids is 2. The summed E-state index contributed by atoms with van der Waals surface area (Å²) in [6, 6.07) is 0. The molecule has 0 saturated carbocycles. The molecular weight excluding hydrogens is 422 g/mol. The van der Waals surface area contributed by atoms with E-state index >= 15 is 0 Å². The third kappa shape index (κ3) is 3.81. The number of fused-ring (bicyclic) bond motifs is 1. The smallest absolute Gasteiger partial charge is 0.262 e. The van der Waals surface area contributed by atoms with E-state index in [4.69, 9.17) is 0 Å². The van der Waals surface area contributed by atoms with Crippen LogP contribution in [0.15, 0.2) is 0 Å². The molecule has 5 nitrogen and oxygen atoms in total. The summed E-state index contributed by atoms with van der Waals surface area (Å²) in [6.07, 6.45) is 0.568. The first kappa shape index (κ1) is 22.2. The Morgan fingerprint density at radius 2 is 1.63 bits per heavy atom. The van der Waals surface area contributed by atoms with Gasteiger partial charge in [0.15, 0.2) is 23.3 Å². The highest BCUT2D eigenvalue weighted by molar-refractivity contribution is 7.17. The van der Waals surface area contributed by atoms with Crippen LogP contribution in [0.3, 0.4) is 0 Å². The number of hydrogen-bond donors (Lipinski definition) is 2. The van der Waals surface area contributed by atoms with Gasteiger partial charge in [-0.05, 0) is 32.4 Å². The fourth-order valence-electron chi connectivity index (χ4n) is 3.41. The molecule has 10 heteroatoms. The van der Waals surface area contributed by atoms with Crippen molar-refractivity contribution in [3.63, 3.8) is 0 Å². The number of anilines is 1. The molecule has 0 unspecified atom stereocenters. The zero-order valence-electron chi connectivity index (χ0n) is 16.7. The van der Waals surface area contributed by atoms with E-state index in [2.05, 4.69) is 15.5 Å². The van der Waals surface area contributed by atoms with Gasteiger partial charge in [-0.2, -0.15) is 0 Å². The number of rotatable bonds is 5. The Bertz CT molecular complexity index is 993. The number of carbonyl (C=O) groups is 2. The van der Waals surface area contributed by atoms with Gasteiger partial charge in [0, 0.05) is 30.1 Å². The highest BCUT2D eigenvalue weighted by Crippen LogP contribution is 2.37. The lowest BCUT2D eigenvalue weighted by Gasteiger charge is -2.25. The van der Waals surface area contributed by atoms with Crippen molar-refractivity contribution in [3.8, 4) is 0 Å². The van der Waals surface area contributed by atoms with Gasteiger partial charge < -0.3 is 10.6 Å². The predicted molar refractivity (Wildman–Crippen MR) is 106 cm³/mol. The van der Waals surface area contributed by atoms with Gasteiger partial charge >= 0.3 is 0 Å². The molecule has 0 aliphatic carbocycles. The summed E-state index contributed by atoms with van der Waals surface area (Å²) >= 11 is 1.11. The molecule has 2 heterocycles. The highest BCUT2D eigenvalue weighted by Gasteiger charge is 2.31. The molecular formula is C20H21F4N3O2S. The molecule has 3 rings (SSSR count). The maximum absolute atomic E-state index is 14.2. The number of nitrogens with zero attached hydrogens (tertiary/aromatic N) is 1. The first-order valence-electron chi connectivity index (χ1n) is 9.50. The number of benzene rings is 1. The monoisotopic (exact) mass is 443 g/mol. The molecule has 162 valence electrons. The SMILES string of the molecule is CCNC(=O)c1c(NC(=O)c2c(F)c(F)c(C)c(F)c2F)sc2c1CCN(CC)C2. The van der Waals surface area contributed by atoms with E-state index in [1.165, 1.54) is 0 Å². The second-order valence-corrected chi connectivity index (χ2v) is 8.00. The van der Waals surface area contributed by atoms with Crippen molar-refractivity contribution in [2.45, 2.75) is 33.7 Å². The molecule has 2 N–H and O–H groups in total. The average Bonchev–Trinajstić information content (AvgIpc) is 3.07. The van der Waals surface area contributed by atoms with Crippen LogP contribution in [0.2, 0.25) is 0 Å². The van der Waals surface area contributed by atoms with Gasteiger partial charge in [-0.1, -0.05) is 6.92 Å². The van der Waals surface area contributed by atoms with Crippen LogP contribution in [0.4, 0.5) is 22.6 Å². The molecule has 0 saturated heterocycles. The fourth-order valence-corrected chi connectivity index (χ4v) is 4.69. The first-order valence-corrected chi connectivity index (χ1v) is 10.3. The van der Waals surface area contributed by atoms with Gasteiger partial charge in [0.1, 0.15) is 10.6 Å². The molecule has 30 heavy (non-hydrogen) atoms. The molecule has 0 bridgehead atoms. The molecule has 0 radical (unpaired) electrons. The molecule has 0 spiro atoms. The molecule has 0 atom stereocenters. The van der Waals surface area contributed by atoms with E-state index in [0.29, 0.717) is 19.5 Å². The Labute approximate surface area is 175 Å². The quantitative estimate of drug-likeness (QED) is 0.543. The van der Waals surface area contributed by atoms with Gasteiger partial charge in [-0.25, -0.2) is 17.6 Å². The summed E-state index contributed by atoms with van der Waals surface area (Å²) in [5.74, 6) is -8.61. The zero-order chi connectivity index (χ0) is 22.2. The van der Waals surface area contributed by atoms with Crippen molar-refractivity contribution in [3.05, 3.63) is 50.4 Å². The number of halogens is 4. The van der Waals surface area contributed by atoms with E-state index in [0.717, 1.165) is 41.8 Å². The molecule has 2 aromatic rings. The number of nitrogens with one attached hydrogen (secondary N) is 2. The van der Waals surface area contributed by atoms with Crippen LogP contribution in [0.25, 0.3) is 0 Å². The van der Waals surface area contributed by atoms with Crippen LogP contribution in [-0.2, 0) is 13.0 Å². The Hall–Kier alpha value is -2.46. The van der Waals surface area contributed by atoms with Crippen LogP contribution in [0, 0.1) is 30.2 Å². The average molecular weight is 443 g/mol. The van der Waals surface area contributed by atoms with Crippen molar-refractivity contribution >= 4 is 28.2 Å². The summed E-state index contributed by atoms with van der Waals surface area (Å²) in [5, 5.41) is 5.05. The molecule has 1 aromatic carbocycles. The molecule has 2 amide bonds. The third-order valence-corrected chi connectivity index (χ3v) is 6.22. The third-order valence-electron chi connectivity index (χ3n) is 5.08. The Morgan fingerprint density at radius 1 is 1.00 bits per heavy atom. The van der Waals surface area contributed by atoms with E-state index < -0.39 is 46.2 Å². The van der Waals surface area contributed by atoms with Crippen LogP contribution in [0.5, 0.6) is 0 Å². The van der Waals surface area contributed by atoms with Crippen molar-refractivity contribution in [1.29, 1.82) is 0 Å². The largest absolute Gasteiger partial charge is 0.352 e. The van der Waals surface area contributed by atoms with Crippen molar-refractivity contribution < 1.29 is 27.2 Å². The lowest BCUT2D eigenvalue weighted by Crippen LogP contribution is -2.31. The summed E-state index contributed by atoms with van der Waals surface area (Å²) in [6.45, 7) is 7.03. The van der Waals surface area contributed by atoms with Crippen LogP contribution in [0.1, 0.15) is 50.6 Å². The van der Waals surface area contributed by atoms with E-state index in [1.807, 2.05) is 6.92 Å². The number of likely N-dealkylation sites (N-methyl/N-ethyl adjacent to an activating group) is 1. The Balaban J connectivity index is 2.04. The fraction of sp³-hybridized carbons (Fsp3) is 0.400. The maximum Gasteiger partial charge on any atom is 0.262 e. The standard InChI is InChI=1S/C20H21F4N3O2S/c1-4-25-18(28)12-10-6-7-27(5-2)8-11(10)30-20(12)26-19(29)13-16(23)14(21)9(3)15(22)17(13)24/h4-8H2,1-3H3,(H,25,28)(H,26,29). The number of amides is 2. The zero-order valence-corrected chi connectivity index (χ0v) is 17.5. The summed E-state index contributed by atoms with van der Waals surface area (Å²) < 4.78 is 56.2. The molecule has 1 aliphatic rings. The molecule has 1 aliphatic heterocycles. The van der Waals surface area contributed by atoms with Gasteiger partial charge in [0.2, 0.25) is 0 Å². The minimum absolute atomic E-state index is 0.0918. The van der Waals surface area contributed by atoms with Crippen molar-refractivity contribution in [1.82, 2.24) is 10.2 Å². The van der Waals surface area contributed by atoms with Crippen LogP contribution in [-0.4, -0.2) is 36.3 Å². The van der Waals surface area contributed by atoms with Gasteiger partial charge in [0.05, 0.1) is 5.56 Å². The summed E-state index contributed by atoms with van der Waals surface area (Å²) in [5.41, 5.74) is -1.24.